The molecule has 0 spiro atoms. The second-order valence-electron chi connectivity index (χ2n) is 7.52. The number of thiophene rings is 1. The zero-order valence-corrected chi connectivity index (χ0v) is 14.6. The molecule has 1 aromatic rings. The first kappa shape index (κ1) is 16.1. The van der Waals surface area contributed by atoms with Gasteiger partial charge in [-0.2, -0.15) is 11.3 Å². The molecule has 0 radical (unpaired) electrons. The summed E-state index contributed by atoms with van der Waals surface area (Å²) < 4.78 is 0. The van der Waals surface area contributed by atoms with Crippen LogP contribution in [0.25, 0.3) is 0 Å². The van der Waals surface area contributed by atoms with Crippen molar-refractivity contribution in [2.24, 2.45) is 23.5 Å². The standard InChI is InChI=1S/C18H25N3O2S/c19-16-12-2-1-11(9-12)15(16)18(23)21-6-3-14(4-7-21)20-17(22)13-5-8-24-10-13/h5,8,10-12,14-16H,1-4,6-7,9,19H2,(H,20,22). The Morgan fingerprint density at radius 3 is 2.54 bits per heavy atom. The molecule has 2 bridgehead atoms. The van der Waals surface area contributed by atoms with Crippen molar-refractivity contribution in [2.75, 3.05) is 13.1 Å². The molecule has 2 heterocycles. The number of hydrogen-bond donors (Lipinski definition) is 2. The Morgan fingerprint density at radius 1 is 1.17 bits per heavy atom. The highest BCUT2D eigenvalue weighted by Crippen LogP contribution is 2.48. The summed E-state index contributed by atoms with van der Waals surface area (Å²) >= 11 is 1.53. The summed E-state index contributed by atoms with van der Waals surface area (Å²) in [5.41, 5.74) is 7.04. The summed E-state index contributed by atoms with van der Waals surface area (Å²) in [6.45, 7) is 1.46. The Labute approximate surface area is 146 Å². The number of carbonyl (C=O) groups excluding carboxylic acids is 2. The van der Waals surface area contributed by atoms with E-state index in [-0.39, 0.29) is 29.8 Å². The van der Waals surface area contributed by atoms with Crippen LogP contribution in [0.2, 0.25) is 0 Å². The Kier molecular flexibility index (Phi) is 4.35. The van der Waals surface area contributed by atoms with Gasteiger partial charge >= 0.3 is 0 Å². The van der Waals surface area contributed by atoms with Crippen molar-refractivity contribution in [2.45, 2.75) is 44.2 Å². The largest absolute Gasteiger partial charge is 0.349 e. The van der Waals surface area contributed by atoms with E-state index in [2.05, 4.69) is 5.32 Å². The van der Waals surface area contributed by atoms with Gasteiger partial charge in [-0.25, -0.2) is 0 Å². The highest BCUT2D eigenvalue weighted by atomic mass is 32.1. The van der Waals surface area contributed by atoms with E-state index in [1.165, 1.54) is 24.2 Å². The van der Waals surface area contributed by atoms with E-state index in [4.69, 9.17) is 5.73 Å². The van der Waals surface area contributed by atoms with Crippen LogP contribution in [-0.4, -0.2) is 41.9 Å². The van der Waals surface area contributed by atoms with Crippen LogP contribution in [0.3, 0.4) is 0 Å². The number of amides is 2. The van der Waals surface area contributed by atoms with Gasteiger partial charge in [0.1, 0.15) is 0 Å². The minimum atomic E-state index is -0.00356. The normalized spacial score (nSPS) is 33.0. The quantitative estimate of drug-likeness (QED) is 0.876. The first-order valence-electron chi connectivity index (χ1n) is 9.01. The van der Waals surface area contributed by atoms with Crippen molar-refractivity contribution in [1.29, 1.82) is 0 Å². The minimum absolute atomic E-state index is 0.00356. The number of nitrogens with one attached hydrogen (secondary N) is 1. The maximum Gasteiger partial charge on any atom is 0.252 e. The Hall–Kier alpha value is -1.40. The van der Waals surface area contributed by atoms with Crippen molar-refractivity contribution >= 4 is 23.2 Å². The molecule has 4 rings (SSSR count). The first-order chi connectivity index (χ1) is 11.6. The summed E-state index contributed by atoms with van der Waals surface area (Å²) in [5.74, 6) is 1.37. The highest BCUT2D eigenvalue weighted by molar-refractivity contribution is 7.08. The predicted molar refractivity (Wildman–Crippen MR) is 93.7 cm³/mol. The van der Waals surface area contributed by atoms with E-state index in [0.717, 1.165) is 37.9 Å². The fourth-order valence-corrected chi connectivity index (χ4v) is 5.46. The predicted octanol–water partition coefficient (Wildman–Crippen LogP) is 1.84. The lowest BCUT2D eigenvalue weighted by Crippen LogP contribution is -2.51. The summed E-state index contributed by atoms with van der Waals surface area (Å²) in [5, 5.41) is 6.87. The molecule has 2 amide bonds. The average Bonchev–Trinajstić information content (AvgIpc) is 3.32. The van der Waals surface area contributed by atoms with Gasteiger partial charge in [-0.1, -0.05) is 0 Å². The number of piperidine rings is 1. The molecule has 4 atom stereocenters. The number of nitrogens with zero attached hydrogens (tertiary/aromatic N) is 1. The van der Waals surface area contributed by atoms with Crippen LogP contribution < -0.4 is 11.1 Å². The molecule has 0 aromatic carbocycles. The van der Waals surface area contributed by atoms with Crippen molar-refractivity contribution in [3.05, 3.63) is 22.4 Å². The fraction of sp³-hybridized carbons (Fsp3) is 0.667. The lowest BCUT2D eigenvalue weighted by Gasteiger charge is -2.37. The highest BCUT2D eigenvalue weighted by Gasteiger charge is 2.50. The van der Waals surface area contributed by atoms with Crippen molar-refractivity contribution in [3.63, 3.8) is 0 Å². The molecular weight excluding hydrogens is 322 g/mol. The van der Waals surface area contributed by atoms with Crippen LogP contribution in [0, 0.1) is 17.8 Å². The monoisotopic (exact) mass is 347 g/mol. The maximum atomic E-state index is 12.9. The lowest BCUT2D eigenvalue weighted by molar-refractivity contribution is -0.138. The second kappa shape index (κ2) is 6.48. The van der Waals surface area contributed by atoms with Gasteiger partial charge in [0.2, 0.25) is 5.91 Å². The van der Waals surface area contributed by atoms with Gasteiger partial charge < -0.3 is 16.0 Å². The SMILES string of the molecule is NC1C2CCC(C2)C1C(=O)N1CCC(NC(=O)c2ccsc2)CC1. The van der Waals surface area contributed by atoms with Crippen molar-refractivity contribution in [1.82, 2.24) is 10.2 Å². The minimum Gasteiger partial charge on any atom is -0.349 e. The van der Waals surface area contributed by atoms with Crippen LogP contribution in [0.1, 0.15) is 42.5 Å². The van der Waals surface area contributed by atoms with E-state index in [1.807, 2.05) is 21.7 Å². The third kappa shape index (κ3) is 2.86. The second-order valence-corrected chi connectivity index (χ2v) is 8.30. The first-order valence-corrected chi connectivity index (χ1v) is 9.95. The number of nitrogens with two attached hydrogens (primary N) is 1. The molecule has 2 saturated carbocycles. The fourth-order valence-electron chi connectivity index (χ4n) is 4.82. The Morgan fingerprint density at radius 2 is 1.92 bits per heavy atom. The molecular formula is C18H25N3O2S. The van der Waals surface area contributed by atoms with Gasteiger partial charge in [0.25, 0.3) is 5.91 Å². The number of likely N-dealkylation sites (tertiary alicyclic amines) is 1. The zero-order chi connectivity index (χ0) is 16.7. The topological polar surface area (TPSA) is 75.4 Å². The van der Waals surface area contributed by atoms with E-state index >= 15 is 0 Å². The molecule has 1 aliphatic heterocycles. The van der Waals surface area contributed by atoms with E-state index < -0.39 is 0 Å². The lowest BCUT2D eigenvalue weighted by atomic mass is 9.83. The Balaban J connectivity index is 1.30. The van der Waals surface area contributed by atoms with Gasteiger partial charge in [-0.15, -0.1) is 0 Å². The van der Waals surface area contributed by atoms with Crippen molar-refractivity contribution < 1.29 is 9.59 Å². The van der Waals surface area contributed by atoms with Gasteiger partial charge in [0.05, 0.1) is 5.92 Å². The summed E-state index contributed by atoms with van der Waals surface area (Å²) in [6.07, 6.45) is 5.17. The molecule has 3 fully saturated rings. The van der Waals surface area contributed by atoms with Gasteiger partial charge in [0, 0.05) is 36.1 Å². The average molecular weight is 347 g/mol. The number of rotatable bonds is 3. The van der Waals surface area contributed by atoms with Crippen LogP contribution in [0.4, 0.5) is 0 Å². The number of carbonyl (C=O) groups is 2. The van der Waals surface area contributed by atoms with Gasteiger partial charge in [0.15, 0.2) is 0 Å². The smallest absolute Gasteiger partial charge is 0.252 e. The van der Waals surface area contributed by atoms with Crippen LogP contribution in [-0.2, 0) is 4.79 Å². The zero-order valence-electron chi connectivity index (χ0n) is 13.8. The molecule has 1 saturated heterocycles. The van der Waals surface area contributed by atoms with E-state index in [9.17, 15) is 9.59 Å². The van der Waals surface area contributed by atoms with Crippen LogP contribution in [0.15, 0.2) is 16.8 Å². The van der Waals surface area contributed by atoms with Gasteiger partial charge in [-0.05, 0) is 55.4 Å². The molecule has 3 aliphatic rings. The third-order valence-electron chi connectivity index (χ3n) is 6.19. The van der Waals surface area contributed by atoms with Gasteiger partial charge in [-0.3, -0.25) is 9.59 Å². The van der Waals surface area contributed by atoms with Crippen LogP contribution in [0.5, 0.6) is 0 Å². The van der Waals surface area contributed by atoms with E-state index in [0.29, 0.717) is 11.8 Å². The van der Waals surface area contributed by atoms with Crippen molar-refractivity contribution in [3.8, 4) is 0 Å². The molecule has 6 heteroatoms. The third-order valence-corrected chi connectivity index (χ3v) is 6.87. The molecule has 2 aliphatic carbocycles. The molecule has 130 valence electrons. The summed E-state index contributed by atoms with van der Waals surface area (Å²) in [4.78, 5) is 27.0. The Bertz CT molecular complexity index is 608. The molecule has 24 heavy (non-hydrogen) atoms. The molecule has 5 nitrogen and oxygen atoms in total. The van der Waals surface area contributed by atoms with Crippen LogP contribution >= 0.6 is 11.3 Å². The molecule has 1 aromatic heterocycles. The molecule has 3 N–H and O–H groups in total. The maximum absolute atomic E-state index is 12.9. The summed E-state index contributed by atoms with van der Waals surface area (Å²) in [6, 6.07) is 2.07. The number of hydrogen-bond acceptors (Lipinski definition) is 4. The summed E-state index contributed by atoms with van der Waals surface area (Å²) in [7, 11) is 0. The molecule has 4 unspecified atom stereocenters. The van der Waals surface area contributed by atoms with E-state index in [1.54, 1.807) is 0 Å². The number of fused-ring (bicyclic) bond motifs is 2.